The van der Waals surface area contributed by atoms with Gasteiger partial charge in [0.25, 0.3) is 5.91 Å². The number of carbonyl (C=O) groups excluding carboxylic acids is 1. The van der Waals surface area contributed by atoms with Crippen LogP contribution in [0.4, 0.5) is 0 Å². The lowest BCUT2D eigenvalue weighted by Crippen LogP contribution is -2.32. The van der Waals surface area contributed by atoms with Gasteiger partial charge in [-0.25, -0.2) is 4.98 Å². The summed E-state index contributed by atoms with van der Waals surface area (Å²) in [6.45, 7) is 8.99. The van der Waals surface area contributed by atoms with Crippen molar-refractivity contribution in [1.82, 2.24) is 9.88 Å². The highest BCUT2D eigenvalue weighted by atomic mass is 32.1. The molecule has 0 aliphatic carbocycles. The van der Waals surface area contributed by atoms with Crippen LogP contribution in [0.5, 0.6) is 0 Å². The molecule has 0 atom stereocenters. The molecule has 0 aliphatic rings. The first-order valence-corrected chi connectivity index (χ1v) is 7.80. The van der Waals surface area contributed by atoms with Gasteiger partial charge < -0.3 is 4.90 Å². The van der Waals surface area contributed by atoms with Gasteiger partial charge in [-0.1, -0.05) is 18.2 Å². The molecular formula is C14H16N2OS2. The lowest BCUT2D eigenvalue weighted by atomic mass is 10.3. The zero-order chi connectivity index (χ0) is 13.8. The molecule has 0 aliphatic heterocycles. The summed E-state index contributed by atoms with van der Waals surface area (Å²) in [6.07, 6.45) is 0. The van der Waals surface area contributed by atoms with Crippen LogP contribution in [0.2, 0.25) is 0 Å². The van der Waals surface area contributed by atoms with E-state index in [9.17, 15) is 4.79 Å². The largest absolute Gasteiger partial charge is 0.334 e. The van der Waals surface area contributed by atoms with Gasteiger partial charge in [0.05, 0.1) is 4.88 Å². The molecule has 0 saturated heterocycles. The van der Waals surface area contributed by atoms with Gasteiger partial charge >= 0.3 is 0 Å². The molecule has 0 N–H and O–H groups in total. The minimum absolute atomic E-state index is 0.0236. The molecule has 2 heterocycles. The number of amides is 1. The number of thiazole rings is 1. The third kappa shape index (κ3) is 3.30. The maximum Gasteiger partial charge on any atom is 0.273 e. The Balaban J connectivity index is 2.17. The molecule has 1 amide bonds. The Morgan fingerprint density at radius 3 is 2.84 bits per heavy atom. The quantitative estimate of drug-likeness (QED) is 0.783. The van der Waals surface area contributed by atoms with Gasteiger partial charge in [-0.05, 0) is 25.3 Å². The highest BCUT2D eigenvalue weighted by molar-refractivity contribution is 7.20. The van der Waals surface area contributed by atoms with E-state index in [1.54, 1.807) is 16.2 Å². The van der Waals surface area contributed by atoms with Gasteiger partial charge in [-0.3, -0.25) is 4.79 Å². The summed E-state index contributed by atoms with van der Waals surface area (Å²) in [5.74, 6) is -0.0236. The van der Waals surface area contributed by atoms with Crippen molar-refractivity contribution in [2.75, 3.05) is 13.1 Å². The third-order valence-electron chi connectivity index (χ3n) is 2.58. The van der Waals surface area contributed by atoms with Crippen molar-refractivity contribution in [3.8, 4) is 9.88 Å². The van der Waals surface area contributed by atoms with Gasteiger partial charge in [0.1, 0.15) is 10.7 Å². The zero-order valence-electron chi connectivity index (χ0n) is 11.0. The Labute approximate surface area is 121 Å². The van der Waals surface area contributed by atoms with Crippen LogP contribution in [0.1, 0.15) is 24.3 Å². The summed E-state index contributed by atoms with van der Waals surface area (Å²) >= 11 is 3.15. The second kappa shape index (κ2) is 6.12. The molecule has 5 heteroatoms. The van der Waals surface area contributed by atoms with Crippen molar-refractivity contribution in [3.63, 3.8) is 0 Å². The standard InChI is InChI=1S/C14H16N2OS2/c1-4-16(8-10(2)3)14(17)11-9-19-13(15-11)12-6-5-7-18-12/h5-7,9H,2,4,8H2,1,3H3. The summed E-state index contributed by atoms with van der Waals surface area (Å²) < 4.78 is 0. The van der Waals surface area contributed by atoms with Crippen LogP contribution in [-0.2, 0) is 0 Å². The summed E-state index contributed by atoms with van der Waals surface area (Å²) in [6, 6.07) is 4.01. The van der Waals surface area contributed by atoms with Crippen molar-refractivity contribution < 1.29 is 4.79 Å². The fourth-order valence-electron chi connectivity index (χ4n) is 1.70. The van der Waals surface area contributed by atoms with Crippen molar-refractivity contribution in [2.45, 2.75) is 13.8 Å². The van der Waals surface area contributed by atoms with E-state index in [1.165, 1.54) is 11.3 Å². The van der Waals surface area contributed by atoms with E-state index in [0.29, 0.717) is 18.8 Å². The average Bonchev–Trinajstić information content (AvgIpc) is 3.04. The Hall–Kier alpha value is -1.46. The SMILES string of the molecule is C=C(C)CN(CC)C(=O)c1csc(-c2cccs2)n1. The van der Waals surface area contributed by atoms with E-state index in [4.69, 9.17) is 0 Å². The Morgan fingerprint density at radius 2 is 2.26 bits per heavy atom. The number of hydrogen-bond acceptors (Lipinski definition) is 4. The molecule has 100 valence electrons. The lowest BCUT2D eigenvalue weighted by molar-refractivity contribution is 0.0773. The number of likely N-dealkylation sites (N-methyl/N-ethyl adjacent to an activating group) is 1. The predicted octanol–water partition coefficient (Wildman–Crippen LogP) is 3.91. The number of aromatic nitrogens is 1. The normalized spacial score (nSPS) is 10.4. The fourth-order valence-corrected chi connectivity index (χ4v) is 3.31. The number of thiophene rings is 1. The van der Waals surface area contributed by atoms with Crippen molar-refractivity contribution in [1.29, 1.82) is 0 Å². The molecule has 0 aromatic carbocycles. The molecule has 0 bridgehead atoms. The maximum absolute atomic E-state index is 12.3. The first-order chi connectivity index (χ1) is 9.11. The molecular weight excluding hydrogens is 276 g/mol. The molecule has 0 radical (unpaired) electrons. The minimum atomic E-state index is -0.0236. The van der Waals surface area contributed by atoms with Crippen LogP contribution in [0.25, 0.3) is 9.88 Å². The second-order valence-corrected chi connectivity index (χ2v) is 6.10. The van der Waals surface area contributed by atoms with Gasteiger partial charge in [-0.2, -0.15) is 0 Å². The van der Waals surface area contributed by atoms with Crippen molar-refractivity contribution in [2.24, 2.45) is 0 Å². The third-order valence-corrected chi connectivity index (χ3v) is 4.47. The zero-order valence-corrected chi connectivity index (χ0v) is 12.7. The molecule has 0 unspecified atom stereocenters. The predicted molar refractivity (Wildman–Crippen MR) is 81.8 cm³/mol. The van der Waals surface area contributed by atoms with Crippen LogP contribution in [-0.4, -0.2) is 28.9 Å². The summed E-state index contributed by atoms with van der Waals surface area (Å²) in [5.41, 5.74) is 1.50. The van der Waals surface area contributed by atoms with Crippen molar-refractivity contribution >= 4 is 28.6 Å². The molecule has 2 aromatic rings. The summed E-state index contributed by atoms with van der Waals surface area (Å²) in [4.78, 5) is 19.6. The van der Waals surface area contributed by atoms with Gasteiger partial charge in [-0.15, -0.1) is 22.7 Å². The Bertz CT molecular complexity index is 572. The first-order valence-electron chi connectivity index (χ1n) is 6.05. The van der Waals surface area contributed by atoms with Crippen molar-refractivity contribution in [3.05, 3.63) is 40.7 Å². The van der Waals surface area contributed by atoms with E-state index < -0.39 is 0 Å². The topological polar surface area (TPSA) is 33.2 Å². The molecule has 0 fully saturated rings. The lowest BCUT2D eigenvalue weighted by Gasteiger charge is -2.19. The first kappa shape index (κ1) is 14.0. The van der Waals surface area contributed by atoms with Crippen LogP contribution in [0.3, 0.4) is 0 Å². The highest BCUT2D eigenvalue weighted by Gasteiger charge is 2.18. The molecule has 2 rings (SSSR count). The molecule has 3 nitrogen and oxygen atoms in total. The highest BCUT2D eigenvalue weighted by Crippen LogP contribution is 2.28. The van der Waals surface area contributed by atoms with Gasteiger partial charge in [0.2, 0.25) is 0 Å². The Kier molecular flexibility index (Phi) is 4.50. The maximum atomic E-state index is 12.3. The number of rotatable bonds is 5. The molecule has 2 aromatic heterocycles. The van der Waals surface area contributed by atoms with Gasteiger partial charge in [0, 0.05) is 18.5 Å². The molecule has 0 saturated carbocycles. The number of hydrogen-bond donors (Lipinski definition) is 0. The van der Waals surface area contributed by atoms with E-state index >= 15 is 0 Å². The van der Waals surface area contributed by atoms with E-state index in [1.807, 2.05) is 36.7 Å². The van der Waals surface area contributed by atoms with E-state index in [0.717, 1.165) is 15.5 Å². The van der Waals surface area contributed by atoms with E-state index in [2.05, 4.69) is 11.6 Å². The Morgan fingerprint density at radius 1 is 1.47 bits per heavy atom. The average molecular weight is 292 g/mol. The summed E-state index contributed by atoms with van der Waals surface area (Å²) in [5, 5.41) is 4.75. The minimum Gasteiger partial charge on any atom is -0.334 e. The second-order valence-electron chi connectivity index (χ2n) is 4.29. The monoisotopic (exact) mass is 292 g/mol. The number of carbonyl (C=O) groups is 1. The van der Waals surface area contributed by atoms with Gasteiger partial charge in [0.15, 0.2) is 0 Å². The number of nitrogens with zero attached hydrogens (tertiary/aromatic N) is 2. The molecule has 19 heavy (non-hydrogen) atoms. The van der Waals surface area contributed by atoms with Crippen LogP contribution in [0.15, 0.2) is 35.0 Å². The van der Waals surface area contributed by atoms with Crippen LogP contribution < -0.4 is 0 Å². The smallest absolute Gasteiger partial charge is 0.273 e. The molecule has 0 spiro atoms. The fraction of sp³-hybridized carbons (Fsp3) is 0.286. The van der Waals surface area contributed by atoms with E-state index in [-0.39, 0.29) is 5.91 Å². The summed E-state index contributed by atoms with van der Waals surface area (Å²) in [7, 11) is 0. The van der Waals surface area contributed by atoms with Crippen LogP contribution >= 0.6 is 22.7 Å². The van der Waals surface area contributed by atoms with Crippen LogP contribution in [0, 0.1) is 0 Å².